The van der Waals surface area contributed by atoms with Gasteiger partial charge in [-0.1, -0.05) is 26.7 Å². The summed E-state index contributed by atoms with van der Waals surface area (Å²) >= 11 is 0. The van der Waals surface area contributed by atoms with E-state index in [9.17, 15) is 0 Å². The van der Waals surface area contributed by atoms with E-state index in [1.807, 2.05) is 0 Å². The number of hydrogen-bond donors (Lipinski definition) is 1. The lowest BCUT2D eigenvalue weighted by Gasteiger charge is -2.27. The van der Waals surface area contributed by atoms with E-state index in [0.29, 0.717) is 6.04 Å². The van der Waals surface area contributed by atoms with Crippen LogP contribution in [0.15, 0.2) is 0 Å². The van der Waals surface area contributed by atoms with E-state index in [1.165, 1.54) is 32.1 Å². The van der Waals surface area contributed by atoms with Crippen molar-refractivity contribution in [2.24, 2.45) is 5.92 Å². The SMILES string of the molecule is CC(C)CC(CNC1CCCC1)N(C)C. The van der Waals surface area contributed by atoms with Crippen molar-refractivity contribution < 1.29 is 0 Å². The summed E-state index contributed by atoms with van der Waals surface area (Å²) in [6, 6.07) is 1.50. The van der Waals surface area contributed by atoms with Crippen molar-refractivity contribution in [2.45, 2.75) is 58.0 Å². The van der Waals surface area contributed by atoms with Gasteiger partial charge in [-0.3, -0.25) is 0 Å². The zero-order valence-electron chi connectivity index (χ0n) is 10.9. The standard InChI is InChI=1S/C13H28N2/c1-11(2)9-13(15(3)4)10-14-12-7-5-6-8-12/h11-14H,5-10H2,1-4H3. The molecule has 1 N–H and O–H groups in total. The fourth-order valence-corrected chi connectivity index (χ4v) is 2.45. The molecule has 1 aliphatic rings. The minimum atomic E-state index is 0.700. The van der Waals surface area contributed by atoms with E-state index in [0.717, 1.165) is 18.5 Å². The van der Waals surface area contributed by atoms with E-state index in [-0.39, 0.29) is 0 Å². The first-order chi connectivity index (χ1) is 7.09. The molecule has 0 aliphatic heterocycles. The van der Waals surface area contributed by atoms with E-state index >= 15 is 0 Å². The molecule has 1 atom stereocenters. The van der Waals surface area contributed by atoms with Gasteiger partial charge >= 0.3 is 0 Å². The normalized spacial score (nSPS) is 20.4. The monoisotopic (exact) mass is 212 g/mol. The maximum absolute atomic E-state index is 3.73. The van der Waals surface area contributed by atoms with Gasteiger partial charge in [-0.15, -0.1) is 0 Å². The molecule has 1 fully saturated rings. The summed E-state index contributed by atoms with van der Waals surface area (Å²) in [6.45, 7) is 5.79. The molecular formula is C13H28N2. The lowest BCUT2D eigenvalue weighted by atomic mass is 10.0. The highest BCUT2D eigenvalue weighted by Crippen LogP contribution is 2.18. The topological polar surface area (TPSA) is 15.3 Å². The Morgan fingerprint density at radius 1 is 1.20 bits per heavy atom. The molecule has 0 saturated heterocycles. The van der Waals surface area contributed by atoms with Crippen LogP contribution in [0.4, 0.5) is 0 Å². The summed E-state index contributed by atoms with van der Waals surface area (Å²) in [5.41, 5.74) is 0. The highest BCUT2D eigenvalue weighted by Gasteiger charge is 2.18. The Hall–Kier alpha value is -0.0800. The molecule has 0 radical (unpaired) electrons. The molecule has 0 aromatic rings. The van der Waals surface area contributed by atoms with Crippen molar-refractivity contribution in [3.63, 3.8) is 0 Å². The third-order valence-corrected chi connectivity index (χ3v) is 3.47. The second-order valence-corrected chi connectivity index (χ2v) is 5.64. The number of likely N-dealkylation sites (N-methyl/N-ethyl adjacent to an activating group) is 1. The smallest absolute Gasteiger partial charge is 0.0217 e. The van der Waals surface area contributed by atoms with Crippen molar-refractivity contribution in [1.29, 1.82) is 0 Å². The Labute approximate surface area is 95.4 Å². The minimum absolute atomic E-state index is 0.700. The molecule has 90 valence electrons. The highest BCUT2D eigenvalue weighted by molar-refractivity contribution is 4.78. The molecule has 1 unspecified atom stereocenters. The van der Waals surface area contributed by atoms with Crippen LogP contribution in [0, 0.1) is 5.92 Å². The molecule has 2 heteroatoms. The maximum atomic E-state index is 3.73. The molecule has 0 aromatic heterocycles. The molecule has 0 aromatic carbocycles. The van der Waals surface area contributed by atoms with Gasteiger partial charge in [-0.05, 0) is 39.3 Å². The quantitative estimate of drug-likeness (QED) is 0.728. The van der Waals surface area contributed by atoms with Gasteiger partial charge < -0.3 is 10.2 Å². The molecule has 1 rings (SSSR count). The van der Waals surface area contributed by atoms with Gasteiger partial charge in [0.1, 0.15) is 0 Å². The van der Waals surface area contributed by atoms with Crippen LogP contribution in [0.2, 0.25) is 0 Å². The Kier molecular flexibility index (Phi) is 5.62. The molecular weight excluding hydrogens is 184 g/mol. The molecule has 0 amide bonds. The summed E-state index contributed by atoms with van der Waals surface area (Å²) < 4.78 is 0. The van der Waals surface area contributed by atoms with Crippen molar-refractivity contribution in [2.75, 3.05) is 20.6 Å². The fourth-order valence-electron chi connectivity index (χ4n) is 2.45. The minimum Gasteiger partial charge on any atom is -0.312 e. The van der Waals surface area contributed by atoms with E-state index in [4.69, 9.17) is 0 Å². The van der Waals surface area contributed by atoms with Crippen LogP contribution in [0.5, 0.6) is 0 Å². The zero-order valence-corrected chi connectivity index (χ0v) is 10.9. The summed E-state index contributed by atoms with van der Waals surface area (Å²) in [4.78, 5) is 2.36. The second kappa shape index (κ2) is 6.49. The number of nitrogens with zero attached hydrogens (tertiary/aromatic N) is 1. The van der Waals surface area contributed by atoms with Crippen LogP contribution in [0.1, 0.15) is 46.0 Å². The van der Waals surface area contributed by atoms with Crippen LogP contribution in [0.3, 0.4) is 0 Å². The van der Waals surface area contributed by atoms with Crippen LogP contribution in [-0.4, -0.2) is 37.6 Å². The number of nitrogens with one attached hydrogen (secondary N) is 1. The third kappa shape index (κ3) is 4.98. The predicted octanol–water partition coefficient (Wildman–Crippen LogP) is 2.49. The highest BCUT2D eigenvalue weighted by atomic mass is 15.1. The summed E-state index contributed by atoms with van der Waals surface area (Å²) in [7, 11) is 4.40. The first kappa shape index (κ1) is 13.0. The van der Waals surface area contributed by atoms with Gasteiger partial charge in [0, 0.05) is 18.6 Å². The van der Waals surface area contributed by atoms with Crippen LogP contribution in [-0.2, 0) is 0 Å². The largest absolute Gasteiger partial charge is 0.312 e. The van der Waals surface area contributed by atoms with Crippen molar-refractivity contribution in [3.05, 3.63) is 0 Å². The van der Waals surface area contributed by atoms with E-state index in [1.54, 1.807) is 0 Å². The Balaban J connectivity index is 2.24. The van der Waals surface area contributed by atoms with Crippen molar-refractivity contribution in [1.82, 2.24) is 10.2 Å². The maximum Gasteiger partial charge on any atom is 0.0217 e. The number of rotatable bonds is 6. The lowest BCUT2D eigenvalue weighted by Crippen LogP contribution is -2.41. The van der Waals surface area contributed by atoms with Gasteiger partial charge in [-0.25, -0.2) is 0 Å². The van der Waals surface area contributed by atoms with Crippen LogP contribution in [0.25, 0.3) is 0 Å². The first-order valence-electron chi connectivity index (χ1n) is 6.49. The molecule has 1 aliphatic carbocycles. The van der Waals surface area contributed by atoms with E-state index in [2.05, 4.69) is 38.2 Å². The Morgan fingerprint density at radius 3 is 2.27 bits per heavy atom. The average Bonchev–Trinajstić information content (AvgIpc) is 2.63. The summed E-state index contributed by atoms with van der Waals surface area (Å²) in [5, 5.41) is 3.73. The van der Waals surface area contributed by atoms with Crippen LogP contribution >= 0.6 is 0 Å². The van der Waals surface area contributed by atoms with E-state index < -0.39 is 0 Å². The molecule has 0 heterocycles. The van der Waals surface area contributed by atoms with Gasteiger partial charge in [0.05, 0.1) is 0 Å². The summed E-state index contributed by atoms with van der Waals surface area (Å²) in [6.07, 6.45) is 6.93. The predicted molar refractivity (Wildman–Crippen MR) is 67.2 cm³/mol. The Bertz CT molecular complexity index is 160. The molecule has 0 bridgehead atoms. The Morgan fingerprint density at radius 2 is 1.80 bits per heavy atom. The van der Waals surface area contributed by atoms with Gasteiger partial charge in [0.15, 0.2) is 0 Å². The van der Waals surface area contributed by atoms with Gasteiger partial charge in [0.25, 0.3) is 0 Å². The van der Waals surface area contributed by atoms with Crippen molar-refractivity contribution in [3.8, 4) is 0 Å². The summed E-state index contributed by atoms with van der Waals surface area (Å²) in [5.74, 6) is 0.794. The molecule has 2 nitrogen and oxygen atoms in total. The van der Waals surface area contributed by atoms with Gasteiger partial charge in [0.2, 0.25) is 0 Å². The molecule has 15 heavy (non-hydrogen) atoms. The number of hydrogen-bond acceptors (Lipinski definition) is 2. The third-order valence-electron chi connectivity index (χ3n) is 3.47. The second-order valence-electron chi connectivity index (χ2n) is 5.64. The van der Waals surface area contributed by atoms with Gasteiger partial charge in [-0.2, -0.15) is 0 Å². The molecule has 0 spiro atoms. The first-order valence-corrected chi connectivity index (χ1v) is 6.49. The van der Waals surface area contributed by atoms with Crippen molar-refractivity contribution >= 4 is 0 Å². The average molecular weight is 212 g/mol. The molecule has 1 saturated carbocycles. The van der Waals surface area contributed by atoms with Crippen LogP contribution < -0.4 is 5.32 Å². The zero-order chi connectivity index (χ0) is 11.3. The lowest BCUT2D eigenvalue weighted by molar-refractivity contribution is 0.240. The fraction of sp³-hybridized carbons (Fsp3) is 1.00.